The first-order valence-corrected chi connectivity index (χ1v) is 7.03. The van der Waals surface area contributed by atoms with Crippen LogP contribution < -0.4 is 5.32 Å². The molecule has 0 saturated carbocycles. The second kappa shape index (κ2) is 7.48. The Morgan fingerprint density at radius 1 is 1.15 bits per heavy atom. The zero-order valence-electron chi connectivity index (χ0n) is 13.8. The molecule has 1 atom stereocenters. The van der Waals surface area contributed by atoms with E-state index in [9.17, 15) is 9.90 Å². The Bertz CT molecular complexity index is 371. The molecule has 0 fully saturated rings. The SMILES string of the molecule is C/C=C(/C)C(O)(CCNC(=O)OC(C)(C)C)/C(C)=C/C. The summed E-state index contributed by atoms with van der Waals surface area (Å²) in [6.45, 7) is 13.4. The maximum absolute atomic E-state index is 11.6. The molecule has 0 spiro atoms. The van der Waals surface area contributed by atoms with Gasteiger partial charge < -0.3 is 15.2 Å². The minimum Gasteiger partial charge on any atom is -0.444 e. The summed E-state index contributed by atoms with van der Waals surface area (Å²) in [6, 6.07) is 0. The summed E-state index contributed by atoms with van der Waals surface area (Å²) in [5.41, 5.74) is 0.218. The van der Waals surface area contributed by atoms with E-state index in [2.05, 4.69) is 5.32 Å². The molecule has 2 N–H and O–H groups in total. The first kappa shape index (κ1) is 18.7. The number of carbonyl (C=O) groups is 1. The Hall–Kier alpha value is -1.29. The molecule has 0 bridgehead atoms. The second-order valence-electron chi connectivity index (χ2n) is 5.98. The Kier molecular flexibility index (Phi) is 7.00. The Morgan fingerprint density at radius 3 is 1.95 bits per heavy atom. The highest BCUT2D eigenvalue weighted by Crippen LogP contribution is 2.28. The Morgan fingerprint density at radius 2 is 1.60 bits per heavy atom. The summed E-state index contributed by atoms with van der Waals surface area (Å²) in [4.78, 5) is 11.6. The molecule has 0 aromatic rings. The number of carbonyl (C=O) groups excluding carboxylic acids is 1. The summed E-state index contributed by atoms with van der Waals surface area (Å²) in [5, 5.41) is 13.4. The number of nitrogens with one attached hydrogen (secondary N) is 1. The van der Waals surface area contributed by atoms with E-state index in [1.165, 1.54) is 0 Å². The minimum absolute atomic E-state index is 0.349. The predicted octanol–water partition coefficient (Wildman–Crippen LogP) is 3.56. The van der Waals surface area contributed by atoms with Crippen molar-refractivity contribution in [2.24, 2.45) is 0 Å². The molecule has 0 heterocycles. The summed E-state index contributed by atoms with van der Waals surface area (Å²) in [5.74, 6) is 0. The van der Waals surface area contributed by atoms with Crippen molar-refractivity contribution in [1.29, 1.82) is 0 Å². The molecule has 0 aliphatic carbocycles. The van der Waals surface area contributed by atoms with Gasteiger partial charge in [-0.25, -0.2) is 4.79 Å². The highest BCUT2D eigenvalue weighted by molar-refractivity contribution is 5.67. The summed E-state index contributed by atoms with van der Waals surface area (Å²) in [7, 11) is 0. The van der Waals surface area contributed by atoms with E-state index in [0.717, 1.165) is 11.1 Å². The topological polar surface area (TPSA) is 58.6 Å². The molecule has 4 heteroatoms. The van der Waals surface area contributed by atoms with Gasteiger partial charge in [-0.2, -0.15) is 0 Å². The Balaban J connectivity index is 4.63. The molecule has 0 saturated heterocycles. The maximum Gasteiger partial charge on any atom is 0.407 e. The van der Waals surface area contributed by atoms with Gasteiger partial charge in [-0.3, -0.25) is 0 Å². The summed E-state index contributed by atoms with van der Waals surface area (Å²) < 4.78 is 5.17. The van der Waals surface area contributed by atoms with Crippen molar-refractivity contribution in [3.63, 3.8) is 0 Å². The van der Waals surface area contributed by atoms with Gasteiger partial charge in [-0.15, -0.1) is 0 Å². The summed E-state index contributed by atoms with van der Waals surface area (Å²) >= 11 is 0. The largest absolute Gasteiger partial charge is 0.444 e. The van der Waals surface area contributed by atoms with E-state index >= 15 is 0 Å². The Labute approximate surface area is 122 Å². The number of alkyl carbamates (subject to hydrolysis) is 1. The third-order valence-electron chi connectivity index (χ3n) is 3.33. The number of rotatable bonds is 5. The maximum atomic E-state index is 11.6. The van der Waals surface area contributed by atoms with Crippen molar-refractivity contribution in [2.45, 2.75) is 66.1 Å². The molecule has 0 rings (SSSR count). The molecule has 1 unspecified atom stereocenters. The monoisotopic (exact) mass is 283 g/mol. The van der Waals surface area contributed by atoms with Gasteiger partial charge in [-0.1, -0.05) is 12.2 Å². The average molecular weight is 283 g/mol. The standard InChI is InChI=1S/C16H29NO3/c1-8-12(3)16(19,13(4)9-2)10-11-17-14(18)20-15(5,6)7/h8-9,19H,10-11H2,1-7H3,(H,17,18)/b12-8-,13-9+. The number of hydrogen-bond acceptors (Lipinski definition) is 3. The van der Waals surface area contributed by atoms with Gasteiger partial charge in [0.1, 0.15) is 11.2 Å². The van der Waals surface area contributed by atoms with Crippen molar-refractivity contribution in [1.82, 2.24) is 5.32 Å². The zero-order valence-corrected chi connectivity index (χ0v) is 13.8. The molecular formula is C16H29NO3. The number of amides is 1. The molecule has 0 aliphatic rings. The first-order valence-electron chi connectivity index (χ1n) is 7.03. The van der Waals surface area contributed by atoms with Gasteiger partial charge in [0, 0.05) is 13.0 Å². The lowest BCUT2D eigenvalue weighted by Crippen LogP contribution is -2.39. The van der Waals surface area contributed by atoms with E-state index in [1.807, 2.05) is 60.6 Å². The van der Waals surface area contributed by atoms with Crippen LogP contribution in [-0.4, -0.2) is 28.9 Å². The highest BCUT2D eigenvalue weighted by Gasteiger charge is 2.30. The molecule has 1 amide bonds. The van der Waals surface area contributed by atoms with Crippen LogP contribution in [0, 0.1) is 0 Å². The van der Waals surface area contributed by atoms with Crippen LogP contribution in [0.1, 0.15) is 54.9 Å². The van der Waals surface area contributed by atoms with Crippen LogP contribution in [0.2, 0.25) is 0 Å². The molecule has 116 valence electrons. The number of allylic oxidation sites excluding steroid dienone is 2. The van der Waals surface area contributed by atoms with Crippen molar-refractivity contribution < 1.29 is 14.6 Å². The molecule has 0 aromatic carbocycles. The van der Waals surface area contributed by atoms with Crippen molar-refractivity contribution >= 4 is 6.09 Å². The normalized spacial score (nSPS) is 16.6. The van der Waals surface area contributed by atoms with Crippen LogP contribution in [0.15, 0.2) is 23.3 Å². The zero-order chi connectivity index (χ0) is 16.0. The molecule has 4 nitrogen and oxygen atoms in total. The third-order valence-corrected chi connectivity index (χ3v) is 3.33. The van der Waals surface area contributed by atoms with E-state index in [0.29, 0.717) is 13.0 Å². The van der Waals surface area contributed by atoms with Crippen molar-refractivity contribution in [2.75, 3.05) is 6.54 Å². The molecule has 0 aromatic heterocycles. The first-order chi connectivity index (χ1) is 9.06. The molecule has 20 heavy (non-hydrogen) atoms. The third kappa shape index (κ3) is 5.78. The van der Waals surface area contributed by atoms with Gasteiger partial charge >= 0.3 is 6.09 Å². The van der Waals surface area contributed by atoms with Gasteiger partial charge in [0.05, 0.1) is 0 Å². The van der Waals surface area contributed by atoms with E-state index in [-0.39, 0.29) is 0 Å². The lowest BCUT2D eigenvalue weighted by molar-refractivity contribution is 0.0505. The molecule has 0 aliphatic heterocycles. The summed E-state index contributed by atoms with van der Waals surface area (Å²) in [6.07, 6.45) is 3.73. The van der Waals surface area contributed by atoms with Gasteiger partial charge in [0.25, 0.3) is 0 Å². The van der Waals surface area contributed by atoms with Crippen molar-refractivity contribution in [3.8, 4) is 0 Å². The lowest BCUT2D eigenvalue weighted by atomic mass is 9.84. The van der Waals surface area contributed by atoms with Crippen molar-refractivity contribution in [3.05, 3.63) is 23.3 Å². The predicted molar refractivity (Wildman–Crippen MR) is 82.7 cm³/mol. The van der Waals surface area contributed by atoms with E-state index in [4.69, 9.17) is 4.74 Å². The molecule has 0 radical (unpaired) electrons. The van der Waals surface area contributed by atoms with Crippen LogP contribution in [0.3, 0.4) is 0 Å². The fourth-order valence-corrected chi connectivity index (χ4v) is 1.84. The van der Waals surface area contributed by atoms with E-state index in [1.54, 1.807) is 0 Å². The quantitative estimate of drug-likeness (QED) is 0.758. The number of ether oxygens (including phenoxy) is 1. The van der Waals surface area contributed by atoms with Gasteiger partial charge in [-0.05, 0) is 59.6 Å². The van der Waals surface area contributed by atoms with Gasteiger partial charge in [0.15, 0.2) is 0 Å². The van der Waals surface area contributed by atoms with Crippen LogP contribution in [0.4, 0.5) is 4.79 Å². The smallest absolute Gasteiger partial charge is 0.407 e. The van der Waals surface area contributed by atoms with Gasteiger partial charge in [0.2, 0.25) is 0 Å². The fourth-order valence-electron chi connectivity index (χ4n) is 1.84. The minimum atomic E-state index is -1.02. The van der Waals surface area contributed by atoms with Crippen LogP contribution in [-0.2, 0) is 4.74 Å². The average Bonchev–Trinajstić information content (AvgIpc) is 2.34. The van der Waals surface area contributed by atoms with E-state index < -0.39 is 17.3 Å². The lowest BCUT2D eigenvalue weighted by Gasteiger charge is -2.31. The fraction of sp³-hybridized carbons (Fsp3) is 0.688. The molecular weight excluding hydrogens is 254 g/mol. The van der Waals surface area contributed by atoms with Crippen LogP contribution >= 0.6 is 0 Å². The number of aliphatic hydroxyl groups is 1. The second-order valence-corrected chi connectivity index (χ2v) is 5.98. The highest BCUT2D eigenvalue weighted by atomic mass is 16.6. The van der Waals surface area contributed by atoms with Crippen LogP contribution in [0.25, 0.3) is 0 Å². The van der Waals surface area contributed by atoms with Crippen LogP contribution in [0.5, 0.6) is 0 Å². The number of hydrogen-bond donors (Lipinski definition) is 2.